The predicted molar refractivity (Wildman–Crippen MR) is 131 cm³/mol. The number of rotatable bonds is 5. The molecule has 0 spiro atoms. The van der Waals surface area contributed by atoms with E-state index in [0.29, 0.717) is 5.11 Å². The lowest BCUT2D eigenvalue weighted by molar-refractivity contribution is 0.482. The first kappa shape index (κ1) is 20.3. The second-order valence-corrected chi connectivity index (χ2v) is 8.33. The van der Waals surface area contributed by atoms with Crippen LogP contribution in [0.4, 0.5) is 5.69 Å². The Morgan fingerprint density at radius 1 is 0.906 bits per heavy atom. The third kappa shape index (κ3) is 3.85. The average molecular weight is 441 g/mol. The van der Waals surface area contributed by atoms with Gasteiger partial charge in [0.1, 0.15) is 11.5 Å². The van der Waals surface area contributed by atoms with E-state index in [0.717, 1.165) is 34.3 Å². The zero-order valence-corrected chi connectivity index (χ0v) is 18.8. The molecule has 2 N–H and O–H groups in total. The topological polar surface area (TPSA) is 53.2 Å². The Bertz CT molecular complexity index is 1220. The molecule has 4 aromatic rings. The van der Waals surface area contributed by atoms with Crippen LogP contribution in [-0.4, -0.2) is 15.1 Å². The summed E-state index contributed by atoms with van der Waals surface area (Å²) in [7, 11) is 0. The molecule has 0 amide bonds. The summed E-state index contributed by atoms with van der Waals surface area (Å²) in [6, 6.07) is 25.9. The van der Waals surface area contributed by atoms with Crippen LogP contribution in [0.3, 0.4) is 0 Å². The van der Waals surface area contributed by atoms with Gasteiger partial charge in [-0.2, -0.15) is 0 Å². The van der Waals surface area contributed by atoms with E-state index >= 15 is 0 Å². The Morgan fingerprint density at radius 2 is 1.62 bits per heavy atom. The lowest BCUT2D eigenvalue weighted by Gasteiger charge is -2.28. The van der Waals surface area contributed by atoms with Crippen molar-refractivity contribution in [3.63, 3.8) is 0 Å². The number of ether oxygens (including phenoxy) is 1. The molecule has 3 heterocycles. The number of nitrogens with one attached hydrogen (secondary N) is 2. The SMILES string of the molecule is Cc1cc([C@H]2[C@H](c3ccccn3)NC(=S)N2c2ccc(Oc3ccccc3)cc2)c(C)[nH]1. The van der Waals surface area contributed by atoms with E-state index in [1.54, 1.807) is 0 Å². The fraction of sp³-hybridized carbons (Fsp3) is 0.154. The van der Waals surface area contributed by atoms with Crippen LogP contribution in [0.25, 0.3) is 0 Å². The minimum absolute atomic E-state index is 0.0248. The number of hydrogen-bond acceptors (Lipinski definition) is 3. The minimum Gasteiger partial charge on any atom is -0.457 e. The highest BCUT2D eigenvalue weighted by Gasteiger charge is 2.41. The van der Waals surface area contributed by atoms with Crippen LogP contribution in [0.15, 0.2) is 85.1 Å². The van der Waals surface area contributed by atoms with E-state index in [-0.39, 0.29) is 12.1 Å². The van der Waals surface area contributed by atoms with Gasteiger partial charge in [0.15, 0.2) is 5.11 Å². The Labute approximate surface area is 193 Å². The van der Waals surface area contributed by atoms with Gasteiger partial charge in [-0.3, -0.25) is 4.98 Å². The summed E-state index contributed by atoms with van der Waals surface area (Å²) in [5.41, 5.74) is 5.43. The smallest absolute Gasteiger partial charge is 0.174 e. The molecular formula is C26H24N4OS. The summed E-state index contributed by atoms with van der Waals surface area (Å²) in [6.07, 6.45) is 1.82. The molecule has 0 bridgehead atoms. The van der Waals surface area contributed by atoms with Crippen LogP contribution in [0.1, 0.15) is 34.7 Å². The lowest BCUT2D eigenvalue weighted by atomic mass is 9.96. The van der Waals surface area contributed by atoms with Crippen LogP contribution in [0.5, 0.6) is 11.5 Å². The van der Waals surface area contributed by atoms with Crippen molar-refractivity contribution in [3.8, 4) is 11.5 Å². The third-order valence-corrected chi connectivity index (χ3v) is 6.01. The average Bonchev–Trinajstić information content (AvgIpc) is 3.33. The molecule has 1 aliphatic heterocycles. The zero-order chi connectivity index (χ0) is 22.1. The first-order chi connectivity index (χ1) is 15.6. The van der Waals surface area contributed by atoms with Crippen LogP contribution in [0, 0.1) is 13.8 Å². The monoisotopic (exact) mass is 440 g/mol. The summed E-state index contributed by atoms with van der Waals surface area (Å²) in [4.78, 5) is 10.2. The number of anilines is 1. The van der Waals surface area contributed by atoms with Gasteiger partial charge in [-0.25, -0.2) is 0 Å². The van der Waals surface area contributed by atoms with Gasteiger partial charge in [0.05, 0.1) is 17.8 Å². The van der Waals surface area contributed by atoms with E-state index in [1.807, 2.05) is 66.9 Å². The van der Waals surface area contributed by atoms with E-state index in [1.165, 1.54) is 5.56 Å². The van der Waals surface area contributed by atoms with Crippen molar-refractivity contribution in [2.75, 3.05) is 4.90 Å². The standard InChI is InChI=1S/C26H24N4OS/c1-17-16-22(18(2)28-17)25-24(23-10-6-7-15-27-23)29-26(32)30(25)19-11-13-21(14-12-19)31-20-8-4-3-5-9-20/h3-16,24-25,28H,1-2H3,(H,29,32)/t24-,25-/m0/s1. The Morgan fingerprint density at radius 3 is 2.28 bits per heavy atom. The zero-order valence-electron chi connectivity index (χ0n) is 17.9. The van der Waals surface area contributed by atoms with E-state index in [9.17, 15) is 0 Å². The molecule has 160 valence electrons. The second kappa shape index (κ2) is 8.48. The van der Waals surface area contributed by atoms with Crippen LogP contribution < -0.4 is 15.0 Å². The molecule has 0 saturated carbocycles. The first-order valence-electron chi connectivity index (χ1n) is 10.6. The molecule has 32 heavy (non-hydrogen) atoms. The predicted octanol–water partition coefficient (Wildman–Crippen LogP) is 6.00. The van der Waals surface area contributed by atoms with Gasteiger partial charge >= 0.3 is 0 Å². The second-order valence-electron chi connectivity index (χ2n) is 7.94. The fourth-order valence-electron chi connectivity index (χ4n) is 4.30. The Hall–Kier alpha value is -3.64. The summed E-state index contributed by atoms with van der Waals surface area (Å²) in [5, 5.41) is 4.19. The number of H-pyrrole nitrogens is 1. The number of aromatic amines is 1. The molecular weight excluding hydrogens is 416 g/mol. The molecule has 5 nitrogen and oxygen atoms in total. The molecule has 0 unspecified atom stereocenters. The summed E-state index contributed by atoms with van der Waals surface area (Å²) in [6.45, 7) is 4.18. The van der Waals surface area contributed by atoms with Gasteiger partial charge in [0.2, 0.25) is 0 Å². The van der Waals surface area contributed by atoms with Gasteiger partial charge in [-0.05, 0) is 86.2 Å². The fourth-order valence-corrected chi connectivity index (χ4v) is 4.65. The normalized spacial score (nSPS) is 17.9. The molecule has 2 aromatic carbocycles. The Kier molecular flexibility index (Phi) is 5.37. The third-order valence-electron chi connectivity index (χ3n) is 5.70. The molecule has 5 rings (SSSR count). The van der Waals surface area contributed by atoms with Gasteiger partial charge < -0.3 is 19.9 Å². The van der Waals surface area contributed by atoms with Crippen LogP contribution in [-0.2, 0) is 0 Å². The van der Waals surface area contributed by atoms with Gasteiger partial charge in [-0.1, -0.05) is 24.3 Å². The quantitative estimate of drug-likeness (QED) is 0.373. The number of aryl methyl sites for hydroxylation is 2. The number of nitrogens with zero attached hydrogens (tertiary/aromatic N) is 2. The largest absolute Gasteiger partial charge is 0.457 e. The highest BCUT2D eigenvalue weighted by Crippen LogP contribution is 2.43. The molecule has 1 saturated heterocycles. The van der Waals surface area contributed by atoms with E-state index in [4.69, 9.17) is 17.0 Å². The lowest BCUT2D eigenvalue weighted by Crippen LogP contribution is -2.29. The van der Waals surface area contributed by atoms with E-state index in [2.05, 4.69) is 52.2 Å². The van der Waals surface area contributed by atoms with Crippen molar-refractivity contribution in [3.05, 3.63) is 108 Å². The van der Waals surface area contributed by atoms with Crippen LogP contribution >= 0.6 is 12.2 Å². The van der Waals surface area contributed by atoms with Crippen molar-refractivity contribution in [1.82, 2.24) is 15.3 Å². The van der Waals surface area contributed by atoms with Crippen molar-refractivity contribution in [1.29, 1.82) is 0 Å². The number of benzene rings is 2. The van der Waals surface area contributed by atoms with E-state index < -0.39 is 0 Å². The van der Waals surface area contributed by atoms with Crippen molar-refractivity contribution < 1.29 is 4.74 Å². The van der Waals surface area contributed by atoms with Crippen molar-refractivity contribution in [2.45, 2.75) is 25.9 Å². The number of thiocarbonyl (C=S) groups is 1. The highest BCUT2D eigenvalue weighted by atomic mass is 32.1. The maximum Gasteiger partial charge on any atom is 0.174 e. The molecule has 0 aliphatic carbocycles. The summed E-state index contributed by atoms with van der Waals surface area (Å²) in [5.74, 6) is 1.59. The molecule has 2 atom stereocenters. The van der Waals surface area contributed by atoms with Crippen molar-refractivity contribution >= 4 is 23.0 Å². The molecule has 6 heteroatoms. The first-order valence-corrected chi connectivity index (χ1v) is 11.0. The molecule has 0 radical (unpaired) electrons. The summed E-state index contributed by atoms with van der Waals surface area (Å²) >= 11 is 5.81. The maximum absolute atomic E-state index is 5.97. The number of para-hydroxylation sites is 1. The minimum atomic E-state index is -0.0576. The highest BCUT2D eigenvalue weighted by molar-refractivity contribution is 7.80. The maximum atomic E-state index is 5.97. The number of aromatic nitrogens is 2. The van der Waals surface area contributed by atoms with Crippen LogP contribution in [0.2, 0.25) is 0 Å². The molecule has 2 aromatic heterocycles. The molecule has 1 fully saturated rings. The molecule has 1 aliphatic rings. The number of hydrogen-bond donors (Lipinski definition) is 2. The summed E-state index contributed by atoms with van der Waals surface area (Å²) < 4.78 is 5.97. The van der Waals surface area contributed by atoms with Gasteiger partial charge in [0.25, 0.3) is 0 Å². The number of pyridine rings is 1. The van der Waals surface area contributed by atoms with Crippen molar-refractivity contribution in [2.24, 2.45) is 0 Å². The Balaban J connectivity index is 1.51. The van der Waals surface area contributed by atoms with Gasteiger partial charge in [0, 0.05) is 23.3 Å². The van der Waals surface area contributed by atoms with Gasteiger partial charge in [-0.15, -0.1) is 0 Å².